The van der Waals surface area contributed by atoms with Gasteiger partial charge in [0, 0.05) is 57.3 Å². The van der Waals surface area contributed by atoms with Gasteiger partial charge < -0.3 is 4.90 Å². The van der Waals surface area contributed by atoms with Crippen molar-refractivity contribution in [2.45, 2.75) is 0 Å². The molecule has 0 bridgehead atoms. The Morgan fingerprint density at radius 1 is 0.327 bits per heavy atom. The van der Waals surface area contributed by atoms with Crippen molar-refractivity contribution in [2.24, 2.45) is 0 Å². The fraction of sp³-hybridized carbons (Fsp3) is 0. The van der Waals surface area contributed by atoms with Gasteiger partial charge in [-0.2, -0.15) is 0 Å². The molecule has 0 fully saturated rings. The summed E-state index contributed by atoms with van der Waals surface area (Å²) in [5, 5.41) is 7.78. The second kappa shape index (κ2) is 11.5. The molecule has 10 aromatic rings. The van der Waals surface area contributed by atoms with Crippen LogP contribution in [0.2, 0.25) is 0 Å². The van der Waals surface area contributed by atoms with Gasteiger partial charge in [-0.1, -0.05) is 121 Å². The minimum absolute atomic E-state index is 1.12. The number of nitrogens with zero attached hydrogens (tertiary/aromatic N) is 1. The van der Waals surface area contributed by atoms with Crippen LogP contribution in [0.3, 0.4) is 0 Å². The molecular formula is C46H29NS2. The molecule has 10 rings (SSSR count). The zero-order chi connectivity index (χ0) is 32.3. The highest BCUT2D eigenvalue weighted by molar-refractivity contribution is 7.26. The summed E-state index contributed by atoms with van der Waals surface area (Å²) in [6.07, 6.45) is 0. The summed E-state index contributed by atoms with van der Waals surface area (Å²) in [4.78, 5) is 2.43. The maximum Gasteiger partial charge on any atom is 0.0540 e. The average molecular weight is 660 g/mol. The van der Waals surface area contributed by atoms with Crippen LogP contribution >= 0.6 is 22.7 Å². The third-order valence-electron chi connectivity index (χ3n) is 9.68. The first-order valence-electron chi connectivity index (χ1n) is 16.6. The van der Waals surface area contributed by atoms with Gasteiger partial charge in [0.05, 0.1) is 5.69 Å². The van der Waals surface area contributed by atoms with Crippen LogP contribution in [0.15, 0.2) is 176 Å². The van der Waals surface area contributed by atoms with Crippen molar-refractivity contribution < 1.29 is 0 Å². The quantitative estimate of drug-likeness (QED) is 0.178. The lowest BCUT2D eigenvalue weighted by Crippen LogP contribution is -2.11. The third kappa shape index (κ3) is 4.74. The second-order valence-electron chi connectivity index (χ2n) is 12.5. The summed E-state index contributed by atoms with van der Waals surface area (Å²) in [5.74, 6) is 0. The van der Waals surface area contributed by atoms with Crippen LogP contribution in [-0.4, -0.2) is 0 Å². The summed E-state index contributed by atoms with van der Waals surface area (Å²) < 4.78 is 5.25. The number of hydrogen-bond donors (Lipinski definition) is 0. The topological polar surface area (TPSA) is 3.24 Å². The van der Waals surface area contributed by atoms with Crippen LogP contribution in [-0.2, 0) is 0 Å². The smallest absolute Gasteiger partial charge is 0.0540 e. The van der Waals surface area contributed by atoms with Gasteiger partial charge in [0.2, 0.25) is 0 Å². The molecule has 0 radical (unpaired) electrons. The van der Waals surface area contributed by atoms with E-state index in [-0.39, 0.29) is 0 Å². The van der Waals surface area contributed by atoms with Crippen LogP contribution in [0.25, 0.3) is 73.4 Å². The molecule has 0 atom stereocenters. The molecule has 230 valence electrons. The second-order valence-corrected chi connectivity index (χ2v) is 14.7. The monoisotopic (exact) mass is 659 g/mol. The number of benzene rings is 8. The van der Waals surface area contributed by atoms with E-state index >= 15 is 0 Å². The first-order chi connectivity index (χ1) is 24.3. The molecule has 0 amide bonds. The highest BCUT2D eigenvalue weighted by Gasteiger charge is 2.19. The number of thiophene rings is 2. The Kier molecular flexibility index (Phi) is 6.61. The minimum Gasteiger partial charge on any atom is -0.310 e. The Labute approximate surface area is 292 Å². The van der Waals surface area contributed by atoms with Crippen molar-refractivity contribution in [2.75, 3.05) is 4.90 Å². The van der Waals surface area contributed by atoms with Crippen LogP contribution in [0.1, 0.15) is 0 Å². The predicted octanol–water partition coefficient (Wildman–Crippen LogP) is 14.4. The summed E-state index contributed by atoms with van der Waals surface area (Å²) in [6.45, 7) is 0. The van der Waals surface area contributed by atoms with E-state index in [1.165, 1.54) is 73.4 Å². The Balaban J connectivity index is 1.16. The fourth-order valence-electron chi connectivity index (χ4n) is 7.35. The van der Waals surface area contributed by atoms with E-state index in [2.05, 4.69) is 181 Å². The Morgan fingerprint density at radius 3 is 1.73 bits per heavy atom. The Morgan fingerprint density at radius 2 is 0.898 bits per heavy atom. The molecule has 0 aliphatic carbocycles. The predicted molar refractivity (Wildman–Crippen MR) is 215 cm³/mol. The van der Waals surface area contributed by atoms with E-state index in [0.29, 0.717) is 0 Å². The van der Waals surface area contributed by atoms with Crippen molar-refractivity contribution in [3.8, 4) is 22.3 Å². The molecule has 8 aromatic carbocycles. The number of fused-ring (bicyclic) bond motifs is 7. The molecule has 2 aromatic heterocycles. The van der Waals surface area contributed by atoms with E-state index in [9.17, 15) is 0 Å². The number of rotatable bonds is 5. The van der Waals surface area contributed by atoms with Gasteiger partial charge in [-0.3, -0.25) is 0 Å². The maximum absolute atomic E-state index is 2.43. The number of anilines is 3. The Bertz CT molecular complexity index is 2830. The van der Waals surface area contributed by atoms with Gasteiger partial charge in [0.15, 0.2) is 0 Å². The summed E-state index contributed by atoms with van der Waals surface area (Å²) in [6, 6.07) is 64.5. The molecule has 0 spiro atoms. The molecule has 0 aliphatic rings. The van der Waals surface area contributed by atoms with E-state index in [0.717, 1.165) is 17.1 Å². The molecule has 0 saturated heterocycles. The molecule has 49 heavy (non-hydrogen) atoms. The normalized spacial score (nSPS) is 11.7. The van der Waals surface area contributed by atoms with E-state index < -0.39 is 0 Å². The van der Waals surface area contributed by atoms with Crippen molar-refractivity contribution in [1.82, 2.24) is 0 Å². The van der Waals surface area contributed by atoms with Gasteiger partial charge in [-0.15, -0.1) is 22.7 Å². The standard InChI is InChI=1S/C46H29NS2/c1-2-12-35-30(10-1)11-9-16-36(35)31-20-23-33(24-21-31)47(34-25-26-40-38-14-4-7-18-43(38)49-46(40)29-34)42-17-6-3-13-37(42)32-22-27-45-41(28-32)39-15-5-8-19-44(39)48-45/h1-29H. The van der Waals surface area contributed by atoms with Gasteiger partial charge in [-0.05, 0) is 82.1 Å². The molecular weight excluding hydrogens is 631 g/mol. The van der Waals surface area contributed by atoms with Gasteiger partial charge in [-0.25, -0.2) is 0 Å². The summed E-state index contributed by atoms with van der Waals surface area (Å²) in [5.41, 5.74) is 8.30. The minimum atomic E-state index is 1.12. The van der Waals surface area contributed by atoms with Gasteiger partial charge >= 0.3 is 0 Å². The lowest BCUT2D eigenvalue weighted by Gasteiger charge is -2.28. The first kappa shape index (κ1) is 28.3. The maximum atomic E-state index is 2.43. The molecule has 0 aliphatic heterocycles. The van der Waals surface area contributed by atoms with Crippen molar-refractivity contribution in [3.63, 3.8) is 0 Å². The van der Waals surface area contributed by atoms with Crippen molar-refractivity contribution >= 4 is 90.9 Å². The van der Waals surface area contributed by atoms with E-state index in [4.69, 9.17) is 0 Å². The lowest BCUT2D eigenvalue weighted by molar-refractivity contribution is 1.29. The highest BCUT2D eigenvalue weighted by Crippen LogP contribution is 2.45. The highest BCUT2D eigenvalue weighted by atomic mass is 32.1. The van der Waals surface area contributed by atoms with E-state index in [1.807, 2.05) is 22.7 Å². The van der Waals surface area contributed by atoms with Crippen LogP contribution in [0.4, 0.5) is 17.1 Å². The molecule has 1 nitrogen and oxygen atoms in total. The lowest BCUT2D eigenvalue weighted by atomic mass is 9.97. The number of para-hydroxylation sites is 1. The largest absolute Gasteiger partial charge is 0.310 e. The van der Waals surface area contributed by atoms with Crippen molar-refractivity contribution in [1.29, 1.82) is 0 Å². The van der Waals surface area contributed by atoms with Crippen LogP contribution in [0, 0.1) is 0 Å². The average Bonchev–Trinajstić information content (AvgIpc) is 3.73. The fourth-order valence-corrected chi connectivity index (χ4v) is 9.58. The van der Waals surface area contributed by atoms with Gasteiger partial charge in [0.25, 0.3) is 0 Å². The molecule has 0 unspecified atom stereocenters. The summed E-state index contributed by atoms with van der Waals surface area (Å²) >= 11 is 3.73. The van der Waals surface area contributed by atoms with E-state index in [1.54, 1.807) is 0 Å². The zero-order valence-corrected chi connectivity index (χ0v) is 28.1. The first-order valence-corrected chi connectivity index (χ1v) is 18.2. The van der Waals surface area contributed by atoms with Crippen LogP contribution < -0.4 is 4.90 Å². The molecule has 2 heterocycles. The van der Waals surface area contributed by atoms with Gasteiger partial charge in [0.1, 0.15) is 0 Å². The molecule has 3 heteroatoms. The van der Waals surface area contributed by atoms with Crippen LogP contribution in [0.5, 0.6) is 0 Å². The third-order valence-corrected chi connectivity index (χ3v) is 12.0. The number of hydrogen-bond acceptors (Lipinski definition) is 3. The Hall–Kier alpha value is -5.74. The zero-order valence-electron chi connectivity index (χ0n) is 26.5. The van der Waals surface area contributed by atoms with Crippen molar-refractivity contribution in [3.05, 3.63) is 176 Å². The summed E-state index contributed by atoms with van der Waals surface area (Å²) in [7, 11) is 0. The molecule has 0 N–H and O–H groups in total. The SMILES string of the molecule is c1ccc(N(c2ccc(-c3cccc4ccccc34)cc2)c2ccc3c(c2)sc2ccccc23)c(-c2ccc3sc4ccccc4c3c2)c1. The molecule has 0 saturated carbocycles.